The highest BCUT2D eigenvalue weighted by Gasteiger charge is 2.17. The zero-order valence-electron chi connectivity index (χ0n) is 11.2. The molecule has 7 heteroatoms. The Kier molecular flexibility index (Phi) is 3.47. The van der Waals surface area contributed by atoms with E-state index in [0.717, 1.165) is 16.5 Å². The van der Waals surface area contributed by atoms with Crippen LogP contribution in [0.4, 0.5) is 8.78 Å². The van der Waals surface area contributed by atoms with Crippen LogP contribution in [-0.2, 0) is 6.42 Å². The third-order valence-corrected chi connectivity index (χ3v) is 2.99. The summed E-state index contributed by atoms with van der Waals surface area (Å²) < 4.78 is 32.2. The monoisotopic (exact) mass is 290 g/mol. The Morgan fingerprint density at radius 3 is 2.81 bits per heavy atom. The molecule has 3 rings (SSSR count). The molecule has 0 saturated heterocycles. The molecular weight excluding hydrogens is 278 g/mol. The van der Waals surface area contributed by atoms with Gasteiger partial charge in [0.1, 0.15) is 5.75 Å². The van der Waals surface area contributed by atoms with E-state index < -0.39 is 12.2 Å². The molecule has 1 aromatic carbocycles. The van der Waals surface area contributed by atoms with Crippen LogP contribution in [0.3, 0.4) is 0 Å². The Balaban J connectivity index is 1.95. The van der Waals surface area contributed by atoms with Crippen molar-refractivity contribution in [3.63, 3.8) is 0 Å². The molecule has 2 heterocycles. The number of aryl methyl sites for hydroxylation is 1. The molecule has 0 fully saturated rings. The van der Waals surface area contributed by atoms with E-state index in [1.54, 1.807) is 12.1 Å². The Hall–Kier alpha value is -2.57. The van der Waals surface area contributed by atoms with Crippen molar-refractivity contribution in [1.29, 1.82) is 0 Å². The molecule has 0 aliphatic carbocycles. The van der Waals surface area contributed by atoms with Crippen LogP contribution in [0.1, 0.15) is 24.7 Å². The Bertz CT molecular complexity index is 773. The standard InChI is InChI=1S/C14H12F2N4O/c1-2-9-4-3-5-10(8-9)21-12-7-6-11-17-18-14(13(15)16)20(11)19-12/h3-8,13H,2H2,1H3. The molecule has 0 atom stereocenters. The number of hydrogen-bond donors (Lipinski definition) is 0. The number of rotatable bonds is 4. The third kappa shape index (κ3) is 2.67. The lowest BCUT2D eigenvalue weighted by Crippen LogP contribution is -2.01. The molecule has 0 N–H and O–H groups in total. The largest absolute Gasteiger partial charge is 0.438 e. The first-order valence-corrected chi connectivity index (χ1v) is 6.44. The summed E-state index contributed by atoms with van der Waals surface area (Å²) in [6, 6.07) is 10.6. The second-order valence-electron chi connectivity index (χ2n) is 4.40. The van der Waals surface area contributed by atoms with Crippen LogP contribution in [0.2, 0.25) is 0 Å². The van der Waals surface area contributed by atoms with Crippen LogP contribution in [0.25, 0.3) is 5.65 Å². The van der Waals surface area contributed by atoms with Crippen molar-refractivity contribution >= 4 is 5.65 Å². The fraction of sp³-hybridized carbons (Fsp3) is 0.214. The molecule has 0 radical (unpaired) electrons. The van der Waals surface area contributed by atoms with Crippen LogP contribution in [-0.4, -0.2) is 19.8 Å². The Morgan fingerprint density at radius 1 is 1.19 bits per heavy atom. The van der Waals surface area contributed by atoms with Gasteiger partial charge >= 0.3 is 0 Å². The minimum absolute atomic E-state index is 0.206. The zero-order chi connectivity index (χ0) is 14.8. The molecule has 5 nitrogen and oxygen atoms in total. The van der Waals surface area contributed by atoms with Crippen LogP contribution in [0.5, 0.6) is 11.6 Å². The van der Waals surface area contributed by atoms with Gasteiger partial charge in [0.15, 0.2) is 5.65 Å². The van der Waals surface area contributed by atoms with Gasteiger partial charge in [-0.15, -0.1) is 15.3 Å². The van der Waals surface area contributed by atoms with Crippen LogP contribution < -0.4 is 4.74 Å². The van der Waals surface area contributed by atoms with Crippen molar-refractivity contribution in [1.82, 2.24) is 19.8 Å². The summed E-state index contributed by atoms with van der Waals surface area (Å²) in [5.41, 5.74) is 1.37. The van der Waals surface area contributed by atoms with Crippen molar-refractivity contribution in [2.75, 3.05) is 0 Å². The summed E-state index contributed by atoms with van der Waals surface area (Å²) in [5, 5.41) is 11.0. The molecule has 0 aliphatic rings. The van der Waals surface area contributed by atoms with Crippen LogP contribution in [0, 0.1) is 0 Å². The lowest BCUT2D eigenvalue weighted by molar-refractivity contribution is 0.137. The van der Waals surface area contributed by atoms with E-state index in [0.29, 0.717) is 5.75 Å². The van der Waals surface area contributed by atoms with E-state index in [9.17, 15) is 8.78 Å². The van der Waals surface area contributed by atoms with Crippen molar-refractivity contribution < 1.29 is 13.5 Å². The molecule has 0 unspecified atom stereocenters. The number of alkyl halides is 2. The van der Waals surface area contributed by atoms with Gasteiger partial charge in [-0.1, -0.05) is 19.1 Å². The van der Waals surface area contributed by atoms with E-state index in [1.807, 2.05) is 25.1 Å². The SMILES string of the molecule is CCc1cccc(Oc2ccc3nnc(C(F)F)n3n2)c1. The average molecular weight is 290 g/mol. The number of nitrogens with zero attached hydrogens (tertiary/aromatic N) is 4. The first-order valence-electron chi connectivity index (χ1n) is 6.44. The molecule has 0 amide bonds. The Labute approximate surface area is 119 Å². The molecule has 0 bridgehead atoms. The number of benzene rings is 1. The number of hydrogen-bond acceptors (Lipinski definition) is 4. The summed E-state index contributed by atoms with van der Waals surface area (Å²) in [7, 11) is 0. The maximum absolute atomic E-state index is 12.8. The first kappa shape index (κ1) is 13.4. The molecule has 2 aromatic heterocycles. The van der Waals surface area contributed by atoms with Crippen molar-refractivity contribution in [3.8, 4) is 11.6 Å². The van der Waals surface area contributed by atoms with E-state index in [4.69, 9.17) is 4.74 Å². The highest BCUT2D eigenvalue weighted by atomic mass is 19.3. The van der Waals surface area contributed by atoms with Crippen LogP contribution >= 0.6 is 0 Å². The van der Waals surface area contributed by atoms with E-state index in [2.05, 4.69) is 15.3 Å². The summed E-state index contributed by atoms with van der Waals surface area (Å²) >= 11 is 0. The molecular formula is C14H12F2N4O. The minimum Gasteiger partial charge on any atom is -0.438 e. The average Bonchev–Trinajstić information content (AvgIpc) is 2.91. The van der Waals surface area contributed by atoms with Crippen molar-refractivity contribution in [2.45, 2.75) is 19.8 Å². The fourth-order valence-corrected chi connectivity index (χ4v) is 1.93. The molecule has 0 aliphatic heterocycles. The maximum Gasteiger partial charge on any atom is 0.299 e. The summed E-state index contributed by atoms with van der Waals surface area (Å²) in [4.78, 5) is 0. The van der Waals surface area contributed by atoms with E-state index in [-0.39, 0.29) is 11.5 Å². The number of ether oxygens (including phenoxy) is 1. The van der Waals surface area contributed by atoms with Gasteiger partial charge in [-0.2, -0.15) is 4.52 Å². The van der Waals surface area contributed by atoms with Gasteiger partial charge in [-0.25, -0.2) is 8.78 Å². The normalized spacial score (nSPS) is 11.2. The molecule has 3 aromatic rings. The van der Waals surface area contributed by atoms with Gasteiger partial charge in [-0.05, 0) is 30.2 Å². The highest BCUT2D eigenvalue weighted by Crippen LogP contribution is 2.22. The molecule has 0 spiro atoms. The fourth-order valence-electron chi connectivity index (χ4n) is 1.93. The summed E-state index contributed by atoms with van der Waals surface area (Å²) in [6.07, 6.45) is -1.86. The lowest BCUT2D eigenvalue weighted by Gasteiger charge is -2.06. The van der Waals surface area contributed by atoms with Gasteiger partial charge in [0.2, 0.25) is 11.7 Å². The third-order valence-electron chi connectivity index (χ3n) is 2.99. The van der Waals surface area contributed by atoms with Crippen molar-refractivity contribution in [2.24, 2.45) is 0 Å². The predicted molar refractivity (Wildman–Crippen MR) is 71.6 cm³/mol. The van der Waals surface area contributed by atoms with Gasteiger partial charge in [0.05, 0.1) is 0 Å². The molecule has 108 valence electrons. The second-order valence-corrected chi connectivity index (χ2v) is 4.40. The van der Waals surface area contributed by atoms with Gasteiger partial charge in [-0.3, -0.25) is 0 Å². The predicted octanol–water partition coefficient (Wildman–Crippen LogP) is 3.42. The number of fused-ring (bicyclic) bond motifs is 1. The number of halogens is 2. The second kappa shape index (κ2) is 5.43. The lowest BCUT2D eigenvalue weighted by atomic mass is 10.2. The Morgan fingerprint density at radius 2 is 2.05 bits per heavy atom. The molecule has 21 heavy (non-hydrogen) atoms. The first-order chi connectivity index (χ1) is 10.2. The number of aromatic nitrogens is 4. The van der Waals surface area contributed by atoms with Crippen molar-refractivity contribution in [3.05, 3.63) is 47.8 Å². The summed E-state index contributed by atoms with van der Waals surface area (Å²) in [5.74, 6) is 0.308. The minimum atomic E-state index is -2.74. The maximum atomic E-state index is 12.8. The van der Waals surface area contributed by atoms with Gasteiger partial charge < -0.3 is 4.74 Å². The zero-order valence-corrected chi connectivity index (χ0v) is 11.2. The van der Waals surface area contributed by atoms with E-state index >= 15 is 0 Å². The smallest absolute Gasteiger partial charge is 0.299 e. The summed E-state index contributed by atoms with van der Waals surface area (Å²) in [6.45, 7) is 2.04. The molecule has 0 saturated carbocycles. The van der Waals surface area contributed by atoms with E-state index in [1.165, 1.54) is 6.07 Å². The van der Waals surface area contributed by atoms with Crippen LogP contribution in [0.15, 0.2) is 36.4 Å². The topological polar surface area (TPSA) is 52.3 Å². The highest BCUT2D eigenvalue weighted by molar-refractivity contribution is 5.39. The van der Waals surface area contributed by atoms with Gasteiger partial charge in [0, 0.05) is 6.07 Å². The quantitative estimate of drug-likeness (QED) is 0.739. The van der Waals surface area contributed by atoms with Gasteiger partial charge in [0.25, 0.3) is 6.43 Å².